The molecule has 7 nitrogen and oxygen atoms in total. The topological polar surface area (TPSA) is 122 Å². The van der Waals surface area contributed by atoms with Crippen molar-refractivity contribution in [2.24, 2.45) is 5.73 Å². The number of hydrogen-bond acceptors (Lipinski definition) is 6. The van der Waals surface area contributed by atoms with Crippen molar-refractivity contribution in [3.8, 4) is 11.5 Å². The van der Waals surface area contributed by atoms with Gasteiger partial charge in [-0.2, -0.15) is 0 Å². The molecule has 116 valence electrons. The molecule has 1 rings (SSSR count). The van der Waals surface area contributed by atoms with Crippen molar-refractivity contribution in [2.75, 3.05) is 13.7 Å². The molecule has 0 heterocycles. The van der Waals surface area contributed by atoms with Gasteiger partial charge in [0.2, 0.25) is 5.91 Å². The summed E-state index contributed by atoms with van der Waals surface area (Å²) in [7, 11) is 1.23. The van der Waals surface area contributed by atoms with E-state index in [1.54, 1.807) is 6.07 Å². The Balaban J connectivity index is 2.75. The zero-order valence-electron chi connectivity index (χ0n) is 11.8. The zero-order chi connectivity index (χ0) is 15.8. The van der Waals surface area contributed by atoms with Crippen LogP contribution in [0.2, 0.25) is 0 Å². The summed E-state index contributed by atoms with van der Waals surface area (Å²) < 4.78 is 4.65. The number of phenolic OH excluding ortho intramolecular Hbond substituents is 2. The standard InChI is InChI=1S/C14H20N2O5/c1-21-14(20)10(16-13(19)3-2-6-15)7-9-4-5-11(17)12(18)8-9/h4-5,8,10,17-18H,2-3,6-7,15H2,1H3,(H,16,19). The maximum absolute atomic E-state index is 11.7. The number of rotatable bonds is 7. The van der Waals surface area contributed by atoms with Gasteiger partial charge in [-0.3, -0.25) is 4.79 Å². The number of nitrogens with two attached hydrogens (primary N) is 1. The van der Waals surface area contributed by atoms with Crippen LogP contribution >= 0.6 is 0 Å². The van der Waals surface area contributed by atoms with Crippen molar-refractivity contribution in [1.29, 1.82) is 0 Å². The minimum atomic E-state index is -0.857. The summed E-state index contributed by atoms with van der Waals surface area (Å²) in [6, 6.07) is 3.34. The van der Waals surface area contributed by atoms with Gasteiger partial charge in [-0.1, -0.05) is 6.07 Å². The molecular formula is C14H20N2O5. The van der Waals surface area contributed by atoms with Gasteiger partial charge in [0.05, 0.1) is 7.11 Å². The first-order valence-electron chi connectivity index (χ1n) is 6.56. The van der Waals surface area contributed by atoms with E-state index in [0.717, 1.165) is 0 Å². The number of esters is 1. The normalized spacial score (nSPS) is 11.7. The number of amides is 1. The molecule has 1 aromatic rings. The van der Waals surface area contributed by atoms with Crippen LogP contribution in [0, 0.1) is 0 Å². The molecule has 7 heteroatoms. The molecule has 0 aliphatic heterocycles. The monoisotopic (exact) mass is 296 g/mol. The SMILES string of the molecule is COC(=O)C(Cc1ccc(O)c(O)c1)NC(=O)CCCN. The molecule has 0 radical (unpaired) electrons. The minimum Gasteiger partial charge on any atom is -0.504 e. The molecule has 0 saturated heterocycles. The predicted octanol–water partition coefficient (Wildman–Crippen LogP) is 0.0370. The highest BCUT2D eigenvalue weighted by Crippen LogP contribution is 2.25. The number of benzene rings is 1. The lowest BCUT2D eigenvalue weighted by Gasteiger charge is -2.16. The zero-order valence-corrected chi connectivity index (χ0v) is 11.8. The summed E-state index contributed by atoms with van der Waals surface area (Å²) in [5.74, 6) is -1.41. The van der Waals surface area contributed by atoms with Gasteiger partial charge in [0, 0.05) is 12.8 Å². The first-order valence-corrected chi connectivity index (χ1v) is 6.56. The molecule has 5 N–H and O–H groups in total. The van der Waals surface area contributed by atoms with Crippen LogP contribution in [0.3, 0.4) is 0 Å². The Morgan fingerprint density at radius 3 is 2.62 bits per heavy atom. The number of carbonyl (C=O) groups is 2. The van der Waals surface area contributed by atoms with Gasteiger partial charge < -0.3 is 26.0 Å². The molecule has 1 amide bonds. The Labute approximate surface area is 122 Å². The second kappa shape index (κ2) is 8.11. The predicted molar refractivity (Wildman–Crippen MR) is 75.7 cm³/mol. The largest absolute Gasteiger partial charge is 0.504 e. The Hall–Kier alpha value is -2.28. The lowest BCUT2D eigenvalue weighted by atomic mass is 10.0. The van der Waals surface area contributed by atoms with Gasteiger partial charge in [-0.25, -0.2) is 4.79 Å². The Morgan fingerprint density at radius 1 is 1.33 bits per heavy atom. The second-order valence-corrected chi connectivity index (χ2v) is 4.56. The average molecular weight is 296 g/mol. The highest BCUT2D eigenvalue weighted by Gasteiger charge is 2.22. The van der Waals surface area contributed by atoms with E-state index in [9.17, 15) is 19.8 Å². The Morgan fingerprint density at radius 2 is 2.05 bits per heavy atom. The highest BCUT2D eigenvalue weighted by molar-refractivity contribution is 5.84. The number of ether oxygens (including phenoxy) is 1. The van der Waals surface area contributed by atoms with Crippen molar-refractivity contribution in [3.05, 3.63) is 23.8 Å². The maximum atomic E-state index is 11.7. The third kappa shape index (κ3) is 5.31. The Bertz CT molecular complexity index is 504. The van der Waals surface area contributed by atoms with Gasteiger partial charge in [-0.15, -0.1) is 0 Å². The van der Waals surface area contributed by atoms with Crippen LogP contribution in [-0.2, 0) is 20.7 Å². The summed E-state index contributed by atoms with van der Waals surface area (Å²) in [5, 5.41) is 21.3. The van der Waals surface area contributed by atoms with Crippen molar-refractivity contribution < 1.29 is 24.5 Å². The maximum Gasteiger partial charge on any atom is 0.328 e. The van der Waals surface area contributed by atoms with Gasteiger partial charge in [0.1, 0.15) is 6.04 Å². The molecule has 0 bridgehead atoms. The van der Waals surface area contributed by atoms with Crippen LogP contribution in [-0.4, -0.2) is 41.8 Å². The molecular weight excluding hydrogens is 276 g/mol. The first kappa shape index (κ1) is 16.8. The van der Waals surface area contributed by atoms with E-state index in [1.165, 1.54) is 19.2 Å². The summed E-state index contributed by atoms with van der Waals surface area (Å²) in [6.45, 7) is 0.391. The molecule has 0 aromatic heterocycles. The van der Waals surface area contributed by atoms with Gasteiger partial charge in [0.25, 0.3) is 0 Å². The smallest absolute Gasteiger partial charge is 0.328 e. The Kier molecular flexibility index (Phi) is 6.48. The van der Waals surface area contributed by atoms with E-state index >= 15 is 0 Å². The average Bonchev–Trinajstić information content (AvgIpc) is 2.47. The molecule has 21 heavy (non-hydrogen) atoms. The molecule has 0 spiro atoms. The van der Waals surface area contributed by atoms with Crippen LogP contribution in [0.25, 0.3) is 0 Å². The molecule has 1 unspecified atom stereocenters. The second-order valence-electron chi connectivity index (χ2n) is 4.56. The van der Waals surface area contributed by atoms with Crippen LogP contribution in [0.1, 0.15) is 18.4 Å². The van der Waals surface area contributed by atoms with E-state index in [4.69, 9.17) is 5.73 Å². The fraction of sp³-hybridized carbons (Fsp3) is 0.429. The van der Waals surface area contributed by atoms with E-state index in [1.807, 2.05) is 0 Å². The summed E-state index contributed by atoms with van der Waals surface area (Å²) in [4.78, 5) is 23.4. The fourth-order valence-corrected chi connectivity index (χ4v) is 1.80. The summed E-state index contributed by atoms with van der Waals surface area (Å²) >= 11 is 0. The number of aromatic hydroxyl groups is 2. The lowest BCUT2D eigenvalue weighted by Crippen LogP contribution is -2.43. The van der Waals surface area contributed by atoms with Crippen LogP contribution in [0.4, 0.5) is 0 Å². The summed E-state index contributed by atoms with van der Waals surface area (Å²) in [6.07, 6.45) is 0.902. The molecule has 0 aliphatic rings. The van der Waals surface area contributed by atoms with Crippen LogP contribution < -0.4 is 11.1 Å². The van der Waals surface area contributed by atoms with Crippen molar-refractivity contribution in [2.45, 2.75) is 25.3 Å². The third-order valence-electron chi connectivity index (χ3n) is 2.91. The van der Waals surface area contributed by atoms with E-state index in [2.05, 4.69) is 10.1 Å². The molecule has 1 atom stereocenters. The summed E-state index contributed by atoms with van der Waals surface area (Å²) in [5.41, 5.74) is 5.91. The minimum absolute atomic E-state index is 0.148. The van der Waals surface area contributed by atoms with Crippen LogP contribution in [0.15, 0.2) is 18.2 Å². The van der Waals surface area contributed by atoms with E-state index in [-0.39, 0.29) is 30.2 Å². The highest BCUT2D eigenvalue weighted by atomic mass is 16.5. The van der Waals surface area contributed by atoms with Crippen molar-refractivity contribution >= 4 is 11.9 Å². The molecule has 0 saturated carbocycles. The van der Waals surface area contributed by atoms with Gasteiger partial charge in [0.15, 0.2) is 11.5 Å². The van der Waals surface area contributed by atoms with Crippen LogP contribution in [0.5, 0.6) is 11.5 Å². The van der Waals surface area contributed by atoms with Gasteiger partial charge in [-0.05, 0) is 30.7 Å². The molecule has 0 aliphatic carbocycles. The quantitative estimate of drug-likeness (QED) is 0.416. The van der Waals surface area contributed by atoms with Gasteiger partial charge >= 0.3 is 5.97 Å². The van der Waals surface area contributed by atoms with Crippen molar-refractivity contribution in [3.63, 3.8) is 0 Å². The first-order chi connectivity index (χ1) is 9.97. The fourth-order valence-electron chi connectivity index (χ4n) is 1.80. The number of methoxy groups -OCH3 is 1. The molecule has 1 aromatic carbocycles. The number of phenols is 2. The van der Waals surface area contributed by atoms with Crippen molar-refractivity contribution in [1.82, 2.24) is 5.32 Å². The number of carbonyl (C=O) groups excluding carboxylic acids is 2. The van der Waals surface area contributed by atoms with E-state index in [0.29, 0.717) is 18.5 Å². The van der Waals surface area contributed by atoms with E-state index < -0.39 is 12.0 Å². The lowest BCUT2D eigenvalue weighted by molar-refractivity contribution is -0.145. The number of hydrogen-bond donors (Lipinski definition) is 4. The third-order valence-corrected chi connectivity index (χ3v) is 2.91. The number of nitrogens with one attached hydrogen (secondary N) is 1. The molecule has 0 fully saturated rings.